The minimum atomic E-state index is -0.901. The van der Waals surface area contributed by atoms with E-state index in [-0.39, 0.29) is 23.7 Å². The summed E-state index contributed by atoms with van der Waals surface area (Å²) < 4.78 is 11.4. The molecule has 0 aromatic carbocycles. The second-order valence-corrected chi connectivity index (χ2v) is 7.05. The fourth-order valence-electron chi connectivity index (χ4n) is 3.94. The Labute approximate surface area is 119 Å². The molecule has 0 aromatic rings. The Bertz CT molecular complexity index is 420. The second kappa shape index (κ2) is 4.42. The molecule has 6 atom stereocenters. The first-order valence-corrected chi connectivity index (χ1v) is 7.53. The number of esters is 1. The van der Waals surface area contributed by atoms with Crippen molar-refractivity contribution in [2.45, 2.75) is 65.1 Å². The molecule has 0 aromatic heterocycles. The molecule has 0 N–H and O–H groups in total. The van der Waals surface area contributed by atoms with Crippen molar-refractivity contribution in [1.29, 1.82) is 0 Å². The van der Waals surface area contributed by atoms with Gasteiger partial charge in [-0.3, -0.25) is 4.79 Å². The molecule has 1 saturated carbocycles. The van der Waals surface area contributed by atoms with Crippen LogP contribution in [0.2, 0.25) is 0 Å². The van der Waals surface area contributed by atoms with Crippen LogP contribution in [0.25, 0.3) is 0 Å². The van der Waals surface area contributed by atoms with Gasteiger partial charge in [0.05, 0.1) is 5.92 Å². The maximum atomic E-state index is 12.1. The highest BCUT2D eigenvalue weighted by Crippen LogP contribution is 2.55. The molecule has 114 valence electrons. The molecule has 5 heteroatoms. The largest absolute Gasteiger partial charge is 0.432 e. The van der Waals surface area contributed by atoms with Gasteiger partial charge in [0, 0.05) is 5.92 Å². The minimum Gasteiger partial charge on any atom is -0.432 e. The first-order valence-electron chi connectivity index (χ1n) is 7.53. The van der Waals surface area contributed by atoms with Crippen LogP contribution >= 0.6 is 0 Å². The second-order valence-electron chi connectivity index (χ2n) is 7.05. The van der Waals surface area contributed by atoms with Crippen molar-refractivity contribution in [1.82, 2.24) is 0 Å². The van der Waals surface area contributed by atoms with Gasteiger partial charge in [0.2, 0.25) is 6.29 Å². The van der Waals surface area contributed by atoms with Crippen molar-refractivity contribution in [2.75, 3.05) is 0 Å². The molecule has 1 aliphatic carbocycles. The zero-order valence-corrected chi connectivity index (χ0v) is 12.8. The molecular formula is C15H24O5. The van der Waals surface area contributed by atoms with Crippen molar-refractivity contribution in [2.24, 2.45) is 23.7 Å². The Morgan fingerprint density at radius 2 is 1.80 bits per heavy atom. The fourth-order valence-corrected chi connectivity index (χ4v) is 3.94. The number of carbonyl (C=O) groups is 1. The first-order chi connectivity index (χ1) is 9.28. The van der Waals surface area contributed by atoms with Crippen molar-refractivity contribution in [3.05, 3.63) is 0 Å². The Morgan fingerprint density at radius 1 is 1.10 bits per heavy atom. The number of hydrogen-bond donors (Lipinski definition) is 0. The van der Waals surface area contributed by atoms with E-state index in [1.807, 2.05) is 6.92 Å². The van der Waals surface area contributed by atoms with E-state index in [9.17, 15) is 4.79 Å². The lowest BCUT2D eigenvalue weighted by Crippen LogP contribution is -2.70. The first kappa shape index (κ1) is 14.3. The van der Waals surface area contributed by atoms with Gasteiger partial charge in [-0.1, -0.05) is 20.8 Å². The van der Waals surface area contributed by atoms with E-state index in [0.717, 1.165) is 12.8 Å². The molecule has 3 aliphatic rings. The summed E-state index contributed by atoms with van der Waals surface area (Å²) >= 11 is 0. The highest BCUT2D eigenvalue weighted by molar-refractivity contribution is 5.74. The Kier molecular flexibility index (Phi) is 3.16. The predicted molar refractivity (Wildman–Crippen MR) is 70.2 cm³/mol. The van der Waals surface area contributed by atoms with Crippen molar-refractivity contribution >= 4 is 5.97 Å². The topological polar surface area (TPSA) is 54.0 Å². The van der Waals surface area contributed by atoms with Crippen LogP contribution in [0.3, 0.4) is 0 Å². The average Bonchev–Trinajstić information content (AvgIpc) is 2.37. The van der Waals surface area contributed by atoms with Crippen molar-refractivity contribution in [3.8, 4) is 0 Å². The van der Waals surface area contributed by atoms with Crippen LogP contribution in [0.5, 0.6) is 0 Å². The smallest absolute Gasteiger partial charge is 0.311 e. The molecular weight excluding hydrogens is 260 g/mol. The third-order valence-corrected chi connectivity index (χ3v) is 5.42. The molecule has 1 spiro atoms. The van der Waals surface area contributed by atoms with Gasteiger partial charge in [-0.25, -0.2) is 9.78 Å². The summed E-state index contributed by atoms with van der Waals surface area (Å²) in [5.41, 5.74) is -0.680. The molecule has 2 saturated heterocycles. The standard InChI is InChI=1S/C15H24O5/c1-8-6-7-11-9(2)12(16)17-13-15(11,10(8)3)20-19-14(4,5)18-13/h8-11,13H,6-7H2,1-5H3/t8-,9?,10+,11?,13?,15?/m0/s1. The van der Waals surface area contributed by atoms with Gasteiger partial charge in [0.15, 0.2) is 11.4 Å². The summed E-state index contributed by atoms with van der Waals surface area (Å²) in [6.45, 7) is 9.78. The lowest BCUT2D eigenvalue weighted by Gasteiger charge is -2.59. The number of hydrogen-bond acceptors (Lipinski definition) is 5. The molecule has 20 heavy (non-hydrogen) atoms. The normalized spacial score (nSPS) is 50.9. The van der Waals surface area contributed by atoms with Crippen LogP contribution in [0.1, 0.15) is 47.5 Å². The third kappa shape index (κ3) is 1.83. The van der Waals surface area contributed by atoms with Gasteiger partial charge in [-0.15, -0.1) is 0 Å². The quantitative estimate of drug-likeness (QED) is 0.505. The maximum Gasteiger partial charge on any atom is 0.311 e. The molecule has 0 amide bonds. The fraction of sp³-hybridized carbons (Fsp3) is 0.933. The van der Waals surface area contributed by atoms with E-state index >= 15 is 0 Å². The summed E-state index contributed by atoms with van der Waals surface area (Å²) in [6, 6.07) is 0. The van der Waals surface area contributed by atoms with E-state index in [4.69, 9.17) is 19.2 Å². The van der Waals surface area contributed by atoms with Crippen molar-refractivity contribution in [3.63, 3.8) is 0 Å². The van der Waals surface area contributed by atoms with Crippen LogP contribution in [0, 0.1) is 23.7 Å². The van der Waals surface area contributed by atoms with E-state index in [1.165, 1.54) is 0 Å². The number of carbonyl (C=O) groups excluding carboxylic acids is 1. The van der Waals surface area contributed by atoms with E-state index in [0.29, 0.717) is 5.92 Å². The van der Waals surface area contributed by atoms with Gasteiger partial charge in [0.1, 0.15) is 0 Å². The van der Waals surface area contributed by atoms with Crippen LogP contribution < -0.4 is 0 Å². The highest BCUT2D eigenvalue weighted by Gasteiger charge is 2.66. The Balaban J connectivity index is 2.02. The molecule has 2 heterocycles. The Hall–Kier alpha value is -0.650. The Morgan fingerprint density at radius 3 is 2.50 bits per heavy atom. The molecule has 0 radical (unpaired) electrons. The van der Waals surface area contributed by atoms with Crippen molar-refractivity contribution < 1.29 is 24.0 Å². The lowest BCUT2D eigenvalue weighted by atomic mass is 9.59. The molecule has 0 bridgehead atoms. The predicted octanol–water partition coefficient (Wildman–Crippen LogP) is 2.64. The van der Waals surface area contributed by atoms with Gasteiger partial charge >= 0.3 is 5.97 Å². The molecule has 5 nitrogen and oxygen atoms in total. The maximum absolute atomic E-state index is 12.1. The van der Waals surface area contributed by atoms with E-state index < -0.39 is 17.7 Å². The molecule has 3 rings (SSSR count). The van der Waals surface area contributed by atoms with Gasteiger partial charge < -0.3 is 9.47 Å². The summed E-state index contributed by atoms with van der Waals surface area (Å²) in [5.74, 6) is -0.518. The van der Waals surface area contributed by atoms with Gasteiger partial charge in [0.25, 0.3) is 0 Å². The summed E-state index contributed by atoms with van der Waals surface area (Å²) in [6.07, 6.45) is 1.34. The van der Waals surface area contributed by atoms with Crippen LogP contribution in [0.15, 0.2) is 0 Å². The molecule has 4 unspecified atom stereocenters. The zero-order chi connectivity index (χ0) is 14.7. The number of ether oxygens (including phenoxy) is 2. The molecule has 3 fully saturated rings. The van der Waals surface area contributed by atoms with E-state index in [2.05, 4.69) is 13.8 Å². The lowest BCUT2D eigenvalue weighted by molar-refractivity contribution is -0.565. The highest BCUT2D eigenvalue weighted by atomic mass is 17.3. The SMILES string of the molecule is CC1C(=O)OC2OC(C)(C)OOC23C1CC[C@H](C)[C@H]3C. The van der Waals surface area contributed by atoms with E-state index in [1.54, 1.807) is 13.8 Å². The minimum absolute atomic E-state index is 0.0797. The number of rotatable bonds is 0. The monoisotopic (exact) mass is 284 g/mol. The third-order valence-electron chi connectivity index (χ3n) is 5.42. The van der Waals surface area contributed by atoms with Crippen LogP contribution in [0.4, 0.5) is 0 Å². The summed E-state index contributed by atoms with van der Waals surface area (Å²) in [5, 5.41) is 0. The molecule has 2 aliphatic heterocycles. The van der Waals surface area contributed by atoms with Gasteiger partial charge in [-0.05, 0) is 38.5 Å². The summed E-state index contributed by atoms with van der Waals surface area (Å²) in [4.78, 5) is 23.5. The summed E-state index contributed by atoms with van der Waals surface area (Å²) in [7, 11) is 0. The zero-order valence-electron chi connectivity index (χ0n) is 12.8. The average molecular weight is 284 g/mol. The van der Waals surface area contributed by atoms with Crippen LogP contribution in [-0.4, -0.2) is 23.6 Å². The van der Waals surface area contributed by atoms with Crippen LogP contribution in [-0.2, 0) is 24.0 Å². The van der Waals surface area contributed by atoms with Gasteiger partial charge in [-0.2, -0.15) is 0 Å².